The maximum Gasteiger partial charge on any atom is 0.0487 e. The Bertz CT molecular complexity index is 466. The summed E-state index contributed by atoms with van der Waals surface area (Å²) in [5.74, 6) is 0. The Morgan fingerprint density at radius 1 is 1.06 bits per heavy atom. The molecule has 2 heteroatoms. The first kappa shape index (κ1) is 9.91. The lowest BCUT2D eigenvalue weighted by atomic mass is 10.2. The highest BCUT2D eigenvalue weighted by Gasteiger charge is 2.11. The quantitative estimate of drug-likeness (QED) is 0.760. The van der Waals surface area contributed by atoms with Crippen molar-refractivity contribution in [2.24, 2.45) is 0 Å². The number of rotatable bonds is 3. The highest BCUT2D eigenvalue weighted by Crippen LogP contribution is 2.15. The van der Waals surface area contributed by atoms with Crippen LogP contribution in [0, 0.1) is 6.07 Å². The second-order valence-electron chi connectivity index (χ2n) is 4.53. The van der Waals surface area contributed by atoms with E-state index >= 15 is 0 Å². The molecule has 83 valence electrons. The molecular formula is C14H17N2. The van der Waals surface area contributed by atoms with E-state index in [0.29, 0.717) is 0 Å². The van der Waals surface area contributed by atoms with Crippen LogP contribution in [0.1, 0.15) is 12.8 Å². The van der Waals surface area contributed by atoms with Crippen LogP contribution in [0.25, 0.3) is 10.9 Å². The van der Waals surface area contributed by atoms with Gasteiger partial charge in [-0.1, -0.05) is 18.2 Å². The molecule has 0 spiro atoms. The Hall–Kier alpha value is -1.28. The smallest absolute Gasteiger partial charge is 0.0487 e. The largest absolute Gasteiger partial charge is 0.346 e. The van der Waals surface area contributed by atoms with E-state index in [1.54, 1.807) is 0 Å². The Morgan fingerprint density at radius 3 is 2.75 bits per heavy atom. The summed E-state index contributed by atoms with van der Waals surface area (Å²) in [4.78, 5) is 2.55. The van der Waals surface area contributed by atoms with E-state index in [1.165, 1.54) is 43.4 Å². The molecule has 0 atom stereocenters. The van der Waals surface area contributed by atoms with Crippen molar-refractivity contribution >= 4 is 10.9 Å². The van der Waals surface area contributed by atoms with Crippen LogP contribution in [-0.2, 0) is 6.54 Å². The minimum absolute atomic E-state index is 1.09. The summed E-state index contributed by atoms with van der Waals surface area (Å²) in [6.07, 6.45) is 4.83. The Labute approximate surface area is 96.5 Å². The zero-order chi connectivity index (χ0) is 10.8. The Balaban J connectivity index is 1.73. The number of para-hydroxylation sites is 1. The number of fused-ring (bicyclic) bond motifs is 1. The summed E-state index contributed by atoms with van der Waals surface area (Å²) in [7, 11) is 0. The van der Waals surface area contributed by atoms with Crippen LogP contribution in [0.4, 0.5) is 0 Å². The molecule has 3 rings (SSSR count). The molecule has 1 aliphatic heterocycles. The van der Waals surface area contributed by atoms with Crippen LogP contribution in [-0.4, -0.2) is 29.1 Å². The van der Waals surface area contributed by atoms with Gasteiger partial charge in [0.2, 0.25) is 0 Å². The van der Waals surface area contributed by atoms with E-state index < -0.39 is 0 Å². The SMILES string of the molecule is [c]1cn(CCN2CCCC2)c2ccccc12. The lowest BCUT2D eigenvalue weighted by Gasteiger charge is -2.15. The van der Waals surface area contributed by atoms with Crippen LogP contribution in [0.3, 0.4) is 0 Å². The van der Waals surface area contributed by atoms with Crippen LogP contribution < -0.4 is 0 Å². The van der Waals surface area contributed by atoms with Crippen LogP contribution >= 0.6 is 0 Å². The topological polar surface area (TPSA) is 8.17 Å². The van der Waals surface area contributed by atoms with Gasteiger partial charge in [0.1, 0.15) is 0 Å². The van der Waals surface area contributed by atoms with Gasteiger partial charge in [0.25, 0.3) is 0 Å². The number of hydrogen-bond donors (Lipinski definition) is 0. The van der Waals surface area contributed by atoms with Crippen LogP contribution in [0.2, 0.25) is 0 Å². The number of benzene rings is 1. The predicted octanol–water partition coefficient (Wildman–Crippen LogP) is 2.54. The van der Waals surface area contributed by atoms with Gasteiger partial charge in [-0.3, -0.25) is 0 Å². The van der Waals surface area contributed by atoms with Crippen molar-refractivity contribution < 1.29 is 0 Å². The van der Waals surface area contributed by atoms with Gasteiger partial charge >= 0.3 is 0 Å². The molecule has 0 aliphatic carbocycles. The minimum Gasteiger partial charge on any atom is -0.346 e. The molecule has 2 nitrogen and oxygen atoms in total. The Morgan fingerprint density at radius 2 is 1.88 bits per heavy atom. The number of hydrogen-bond acceptors (Lipinski definition) is 1. The fraction of sp³-hybridized carbons (Fsp3) is 0.429. The molecule has 0 saturated carbocycles. The minimum atomic E-state index is 1.09. The van der Waals surface area contributed by atoms with Gasteiger partial charge in [0, 0.05) is 36.3 Å². The second kappa shape index (κ2) is 4.30. The van der Waals surface area contributed by atoms with E-state index in [2.05, 4.69) is 46.0 Å². The third kappa shape index (κ3) is 1.85. The highest BCUT2D eigenvalue weighted by molar-refractivity contribution is 5.79. The van der Waals surface area contributed by atoms with Gasteiger partial charge in [-0.2, -0.15) is 0 Å². The standard InChI is InChI=1S/C14H17N2/c1-2-6-14-13(5-1)7-10-16(14)12-11-15-8-3-4-9-15/h1-2,5-6,10H,3-4,8-9,11-12H2. The van der Waals surface area contributed by atoms with Crippen molar-refractivity contribution in [3.63, 3.8) is 0 Å². The summed E-state index contributed by atoms with van der Waals surface area (Å²) in [6.45, 7) is 4.82. The molecule has 2 aromatic rings. The van der Waals surface area contributed by atoms with Gasteiger partial charge in [0.05, 0.1) is 0 Å². The molecule has 16 heavy (non-hydrogen) atoms. The van der Waals surface area contributed by atoms with Gasteiger partial charge in [-0.05, 0) is 32.0 Å². The summed E-state index contributed by atoms with van der Waals surface area (Å²) in [5, 5.41) is 1.23. The fourth-order valence-corrected chi connectivity index (χ4v) is 2.50. The molecular weight excluding hydrogens is 196 g/mol. The molecule has 1 aromatic heterocycles. The first-order valence-corrected chi connectivity index (χ1v) is 6.11. The first-order chi connectivity index (χ1) is 7.93. The van der Waals surface area contributed by atoms with Crippen molar-refractivity contribution in [3.8, 4) is 0 Å². The molecule has 1 aliphatic rings. The van der Waals surface area contributed by atoms with Crippen molar-refractivity contribution in [2.45, 2.75) is 19.4 Å². The third-order valence-electron chi connectivity index (χ3n) is 3.45. The summed E-state index contributed by atoms with van der Waals surface area (Å²) in [5.41, 5.74) is 1.31. The normalized spacial score (nSPS) is 17.2. The summed E-state index contributed by atoms with van der Waals surface area (Å²) >= 11 is 0. The number of aromatic nitrogens is 1. The summed E-state index contributed by atoms with van der Waals surface area (Å²) in [6, 6.07) is 11.8. The van der Waals surface area contributed by atoms with Gasteiger partial charge in [0.15, 0.2) is 0 Å². The second-order valence-corrected chi connectivity index (χ2v) is 4.53. The van der Waals surface area contributed by atoms with Crippen molar-refractivity contribution in [1.29, 1.82) is 0 Å². The van der Waals surface area contributed by atoms with Crippen LogP contribution in [0.5, 0.6) is 0 Å². The molecule has 0 N–H and O–H groups in total. The van der Waals surface area contributed by atoms with Gasteiger partial charge in [-0.25, -0.2) is 0 Å². The van der Waals surface area contributed by atoms with E-state index in [9.17, 15) is 0 Å². The molecule has 1 aromatic carbocycles. The maximum absolute atomic E-state index is 3.31. The third-order valence-corrected chi connectivity index (χ3v) is 3.45. The lowest BCUT2D eigenvalue weighted by molar-refractivity contribution is 0.324. The van der Waals surface area contributed by atoms with Gasteiger partial charge < -0.3 is 9.47 Å². The van der Waals surface area contributed by atoms with Crippen molar-refractivity contribution in [1.82, 2.24) is 9.47 Å². The number of nitrogens with zero attached hydrogens (tertiary/aromatic N) is 2. The predicted molar refractivity (Wildman–Crippen MR) is 66.4 cm³/mol. The molecule has 1 radical (unpaired) electrons. The van der Waals surface area contributed by atoms with Crippen molar-refractivity contribution in [2.75, 3.05) is 19.6 Å². The highest BCUT2D eigenvalue weighted by atomic mass is 15.2. The molecule has 0 bridgehead atoms. The van der Waals surface area contributed by atoms with Gasteiger partial charge in [-0.15, -0.1) is 0 Å². The van der Waals surface area contributed by atoms with E-state index in [-0.39, 0.29) is 0 Å². The maximum atomic E-state index is 3.31. The molecule has 1 fully saturated rings. The summed E-state index contributed by atoms with van der Waals surface area (Å²) < 4.78 is 2.31. The fourth-order valence-electron chi connectivity index (χ4n) is 2.50. The zero-order valence-corrected chi connectivity index (χ0v) is 9.52. The first-order valence-electron chi connectivity index (χ1n) is 6.11. The monoisotopic (exact) mass is 213 g/mol. The Kier molecular flexibility index (Phi) is 2.66. The molecule has 0 unspecified atom stereocenters. The molecule has 2 heterocycles. The van der Waals surface area contributed by atoms with E-state index in [1.807, 2.05) is 0 Å². The van der Waals surface area contributed by atoms with E-state index in [4.69, 9.17) is 0 Å². The molecule has 0 amide bonds. The molecule has 1 saturated heterocycles. The van der Waals surface area contributed by atoms with Crippen LogP contribution in [0.15, 0.2) is 30.5 Å². The van der Waals surface area contributed by atoms with Crippen molar-refractivity contribution in [3.05, 3.63) is 36.5 Å². The van der Waals surface area contributed by atoms with E-state index in [0.717, 1.165) is 6.54 Å². The zero-order valence-electron chi connectivity index (χ0n) is 9.52. The average Bonchev–Trinajstić information content (AvgIpc) is 2.96. The number of likely N-dealkylation sites (tertiary alicyclic amines) is 1. The lowest BCUT2D eigenvalue weighted by Crippen LogP contribution is -2.23. The average molecular weight is 213 g/mol.